The summed E-state index contributed by atoms with van der Waals surface area (Å²) in [5.74, 6) is -2.50. The molecule has 0 aliphatic rings. The number of carboxylic acids is 2. The molecule has 0 saturated heterocycles. The SMILES string of the molecule is NC(CC(=O)O)C(=O)O.[Ag]. The minimum atomic E-state index is -1.29. The molecule has 0 aromatic carbocycles. The summed E-state index contributed by atoms with van der Waals surface area (Å²) in [4.78, 5) is 19.6. The molecule has 0 aliphatic heterocycles. The molecule has 0 aliphatic carbocycles. The molecular weight excluding hydrogens is 234 g/mol. The summed E-state index contributed by atoms with van der Waals surface area (Å²) >= 11 is 0. The van der Waals surface area contributed by atoms with E-state index in [0.29, 0.717) is 0 Å². The Labute approximate surface area is 72.7 Å². The van der Waals surface area contributed by atoms with E-state index in [2.05, 4.69) is 0 Å². The van der Waals surface area contributed by atoms with Crippen molar-refractivity contribution in [3.63, 3.8) is 0 Å². The Hall–Kier alpha value is -0.360. The van der Waals surface area contributed by atoms with Gasteiger partial charge in [0.2, 0.25) is 0 Å². The van der Waals surface area contributed by atoms with E-state index in [-0.39, 0.29) is 22.4 Å². The first-order valence-electron chi connectivity index (χ1n) is 2.24. The van der Waals surface area contributed by atoms with Crippen molar-refractivity contribution in [2.75, 3.05) is 0 Å². The van der Waals surface area contributed by atoms with E-state index in [1.807, 2.05) is 0 Å². The predicted molar refractivity (Wildman–Crippen MR) is 27.9 cm³/mol. The standard InChI is InChI=1S/C4H7NO4.Ag/c5-2(4(8)9)1-3(6)7;/h2H,1,5H2,(H,6,7)(H,8,9);. The largest absolute Gasteiger partial charge is 0.481 e. The smallest absolute Gasteiger partial charge is 0.321 e. The summed E-state index contributed by atoms with van der Waals surface area (Å²) in [5.41, 5.74) is 4.84. The summed E-state index contributed by atoms with van der Waals surface area (Å²) in [6.07, 6.45) is -0.532. The Morgan fingerprint density at radius 2 is 1.80 bits per heavy atom. The number of hydrogen-bond donors (Lipinski definition) is 3. The number of carboxylic acid groups (broad SMARTS) is 2. The van der Waals surface area contributed by atoms with Gasteiger partial charge in [-0.25, -0.2) is 0 Å². The summed E-state index contributed by atoms with van der Waals surface area (Å²) in [5, 5.41) is 16.0. The maximum Gasteiger partial charge on any atom is 0.321 e. The second kappa shape index (κ2) is 5.43. The van der Waals surface area contributed by atoms with Gasteiger partial charge in [-0.2, -0.15) is 0 Å². The molecule has 0 aromatic heterocycles. The second-order valence-electron chi connectivity index (χ2n) is 1.54. The van der Waals surface area contributed by atoms with Crippen molar-refractivity contribution < 1.29 is 42.2 Å². The van der Waals surface area contributed by atoms with Gasteiger partial charge >= 0.3 is 11.9 Å². The van der Waals surface area contributed by atoms with Gasteiger partial charge in [0, 0.05) is 22.4 Å². The second-order valence-corrected chi connectivity index (χ2v) is 1.54. The van der Waals surface area contributed by atoms with E-state index in [4.69, 9.17) is 15.9 Å². The minimum absolute atomic E-state index is 0. The molecule has 5 nitrogen and oxygen atoms in total. The Bertz CT molecular complexity index is 137. The van der Waals surface area contributed by atoms with E-state index in [1.54, 1.807) is 0 Å². The zero-order valence-corrected chi connectivity index (χ0v) is 6.36. The van der Waals surface area contributed by atoms with Crippen LogP contribution in [0.3, 0.4) is 0 Å². The fraction of sp³-hybridized carbons (Fsp3) is 0.500. The van der Waals surface area contributed by atoms with E-state index in [1.165, 1.54) is 0 Å². The first-order chi connectivity index (χ1) is 4.04. The number of hydrogen-bond acceptors (Lipinski definition) is 3. The van der Waals surface area contributed by atoms with Crippen molar-refractivity contribution in [1.82, 2.24) is 0 Å². The van der Waals surface area contributed by atoms with Gasteiger partial charge in [0.1, 0.15) is 6.04 Å². The summed E-state index contributed by atoms with van der Waals surface area (Å²) < 4.78 is 0. The molecule has 0 aromatic rings. The average Bonchev–Trinajstić information content (AvgIpc) is 1.63. The first-order valence-corrected chi connectivity index (χ1v) is 2.24. The summed E-state index contributed by atoms with van der Waals surface area (Å²) in [6.45, 7) is 0. The van der Waals surface area contributed by atoms with Crippen molar-refractivity contribution in [2.24, 2.45) is 5.73 Å². The fourth-order valence-electron chi connectivity index (χ4n) is 0.275. The molecule has 10 heavy (non-hydrogen) atoms. The molecule has 0 bridgehead atoms. The van der Waals surface area contributed by atoms with E-state index in [9.17, 15) is 9.59 Å². The molecule has 0 saturated carbocycles. The molecule has 4 N–H and O–H groups in total. The molecule has 0 rings (SSSR count). The summed E-state index contributed by atoms with van der Waals surface area (Å²) in [7, 11) is 0. The van der Waals surface area contributed by atoms with Crippen molar-refractivity contribution in [3.05, 3.63) is 0 Å². The van der Waals surface area contributed by atoms with Crippen LogP contribution in [-0.4, -0.2) is 28.2 Å². The van der Waals surface area contributed by atoms with Crippen LogP contribution in [0.2, 0.25) is 0 Å². The quantitative estimate of drug-likeness (QED) is 0.543. The predicted octanol–water partition coefficient (Wildman–Crippen LogP) is -1.13. The zero-order chi connectivity index (χ0) is 7.44. The van der Waals surface area contributed by atoms with Gasteiger partial charge < -0.3 is 15.9 Å². The third kappa shape index (κ3) is 5.77. The summed E-state index contributed by atoms with van der Waals surface area (Å²) in [6, 6.07) is -1.29. The maximum atomic E-state index is 9.85. The fourth-order valence-corrected chi connectivity index (χ4v) is 0.275. The Morgan fingerprint density at radius 1 is 1.40 bits per heavy atom. The number of rotatable bonds is 3. The zero-order valence-electron chi connectivity index (χ0n) is 4.87. The van der Waals surface area contributed by atoms with Crippen molar-refractivity contribution in [3.8, 4) is 0 Å². The normalized spacial score (nSPS) is 11.3. The molecule has 0 fully saturated rings. The number of carbonyl (C=O) groups is 2. The molecule has 6 heteroatoms. The van der Waals surface area contributed by atoms with Crippen LogP contribution in [0.5, 0.6) is 0 Å². The molecule has 0 spiro atoms. The first kappa shape index (κ1) is 12.3. The van der Waals surface area contributed by atoms with Crippen LogP contribution in [0.25, 0.3) is 0 Å². The Kier molecular flexibility index (Phi) is 6.69. The van der Waals surface area contributed by atoms with Gasteiger partial charge in [0.25, 0.3) is 0 Å². The third-order valence-corrected chi connectivity index (χ3v) is 0.712. The number of nitrogens with two attached hydrogens (primary N) is 1. The van der Waals surface area contributed by atoms with Crippen molar-refractivity contribution in [1.29, 1.82) is 0 Å². The molecule has 1 unspecified atom stereocenters. The average molecular weight is 241 g/mol. The van der Waals surface area contributed by atoms with E-state index < -0.39 is 24.4 Å². The minimum Gasteiger partial charge on any atom is -0.481 e. The van der Waals surface area contributed by atoms with E-state index in [0.717, 1.165) is 0 Å². The van der Waals surface area contributed by atoms with Crippen LogP contribution in [0.15, 0.2) is 0 Å². The molecule has 0 amide bonds. The molecule has 63 valence electrons. The van der Waals surface area contributed by atoms with Crippen LogP contribution < -0.4 is 5.73 Å². The van der Waals surface area contributed by atoms with Crippen LogP contribution in [0.1, 0.15) is 6.42 Å². The Morgan fingerprint density at radius 3 is 1.90 bits per heavy atom. The van der Waals surface area contributed by atoms with Crippen molar-refractivity contribution in [2.45, 2.75) is 12.5 Å². The maximum absolute atomic E-state index is 9.85. The third-order valence-electron chi connectivity index (χ3n) is 0.712. The van der Waals surface area contributed by atoms with Crippen LogP contribution in [0.4, 0.5) is 0 Å². The van der Waals surface area contributed by atoms with Gasteiger partial charge in [-0.3, -0.25) is 9.59 Å². The molecular formula is C4H7AgNO4. The molecule has 1 radical (unpaired) electrons. The molecule has 0 heterocycles. The van der Waals surface area contributed by atoms with Gasteiger partial charge in [0.15, 0.2) is 0 Å². The van der Waals surface area contributed by atoms with E-state index >= 15 is 0 Å². The topological polar surface area (TPSA) is 101 Å². The van der Waals surface area contributed by atoms with Crippen molar-refractivity contribution >= 4 is 11.9 Å². The van der Waals surface area contributed by atoms with Gasteiger partial charge in [-0.15, -0.1) is 0 Å². The van der Waals surface area contributed by atoms with Gasteiger partial charge in [-0.1, -0.05) is 0 Å². The number of aliphatic carboxylic acids is 2. The Balaban J connectivity index is 0. The van der Waals surface area contributed by atoms with Gasteiger partial charge in [-0.05, 0) is 0 Å². The van der Waals surface area contributed by atoms with Crippen LogP contribution >= 0.6 is 0 Å². The van der Waals surface area contributed by atoms with Crippen LogP contribution in [0, 0.1) is 0 Å². The molecule has 1 atom stereocenters. The van der Waals surface area contributed by atoms with Gasteiger partial charge in [0.05, 0.1) is 6.42 Å². The monoisotopic (exact) mass is 240 g/mol. The van der Waals surface area contributed by atoms with Crippen LogP contribution in [-0.2, 0) is 32.0 Å².